The molecule has 0 spiro atoms. The van der Waals surface area contributed by atoms with Gasteiger partial charge in [0.2, 0.25) is 11.8 Å². The van der Waals surface area contributed by atoms with E-state index in [4.69, 9.17) is 4.74 Å². The topological polar surface area (TPSA) is 58.6 Å². The van der Waals surface area contributed by atoms with Gasteiger partial charge in [-0.2, -0.15) is 0 Å². The Labute approximate surface area is 132 Å². The lowest BCUT2D eigenvalue weighted by Crippen LogP contribution is -2.36. The number of amides is 2. The first-order valence-corrected chi connectivity index (χ1v) is 7.78. The molecule has 22 heavy (non-hydrogen) atoms. The number of ether oxygens (including phenoxy) is 1. The average molecular weight is 306 g/mol. The zero-order chi connectivity index (χ0) is 16.5. The van der Waals surface area contributed by atoms with Crippen molar-refractivity contribution in [1.29, 1.82) is 0 Å². The molecule has 122 valence electrons. The molecule has 1 aromatic carbocycles. The van der Waals surface area contributed by atoms with Gasteiger partial charge in [-0.05, 0) is 44.5 Å². The summed E-state index contributed by atoms with van der Waals surface area (Å²) >= 11 is 0. The molecule has 1 unspecified atom stereocenters. The lowest BCUT2D eigenvalue weighted by Gasteiger charge is -2.22. The van der Waals surface area contributed by atoms with Crippen LogP contribution in [-0.2, 0) is 9.59 Å². The highest BCUT2D eigenvalue weighted by Crippen LogP contribution is 2.20. The van der Waals surface area contributed by atoms with Crippen molar-refractivity contribution in [3.63, 3.8) is 0 Å². The van der Waals surface area contributed by atoms with Crippen LogP contribution in [0.3, 0.4) is 0 Å². The van der Waals surface area contributed by atoms with Crippen LogP contribution in [-0.4, -0.2) is 31.0 Å². The smallest absolute Gasteiger partial charge is 0.223 e. The second-order valence-electron chi connectivity index (χ2n) is 5.22. The molecule has 0 saturated heterocycles. The maximum atomic E-state index is 11.8. The van der Waals surface area contributed by atoms with E-state index in [0.717, 1.165) is 17.9 Å². The minimum atomic E-state index is -0.0829. The monoisotopic (exact) mass is 306 g/mol. The van der Waals surface area contributed by atoms with Crippen molar-refractivity contribution in [2.24, 2.45) is 0 Å². The van der Waals surface area contributed by atoms with Crippen molar-refractivity contribution in [3.05, 3.63) is 24.3 Å². The predicted octanol–water partition coefficient (Wildman–Crippen LogP) is 2.74. The maximum absolute atomic E-state index is 11.8. The summed E-state index contributed by atoms with van der Waals surface area (Å²) in [5.41, 5.74) is 0.771. The van der Waals surface area contributed by atoms with Crippen molar-refractivity contribution in [2.45, 2.75) is 46.6 Å². The third kappa shape index (κ3) is 5.76. The third-order valence-corrected chi connectivity index (χ3v) is 3.42. The van der Waals surface area contributed by atoms with Crippen molar-refractivity contribution >= 4 is 17.5 Å². The summed E-state index contributed by atoms with van der Waals surface area (Å²) in [7, 11) is 0. The fraction of sp³-hybridized carbons (Fsp3) is 0.529. The van der Waals surface area contributed by atoms with Crippen molar-refractivity contribution < 1.29 is 14.3 Å². The Bertz CT molecular complexity index is 485. The van der Waals surface area contributed by atoms with Crippen molar-refractivity contribution in [1.82, 2.24) is 5.32 Å². The number of carbonyl (C=O) groups excluding carboxylic acids is 2. The van der Waals surface area contributed by atoms with Gasteiger partial charge >= 0.3 is 0 Å². The molecule has 0 aliphatic heterocycles. The molecule has 2 amide bonds. The van der Waals surface area contributed by atoms with Crippen LogP contribution in [0.2, 0.25) is 0 Å². The molecule has 0 aliphatic carbocycles. The highest BCUT2D eigenvalue weighted by Gasteiger charge is 2.14. The van der Waals surface area contributed by atoms with E-state index < -0.39 is 0 Å². The Morgan fingerprint density at radius 1 is 1.23 bits per heavy atom. The second-order valence-corrected chi connectivity index (χ2v) is 5.22. The lowest BCUT2D eigenvalue weighted by atomic mass is 10.2. The number of hydrogen-bond donors (Lipinski definition) is 1. The Kier molecular flexibility index (Phi) is 7.43. The molecule has 0 radical (unpaired) electrons. The molecule has 5 heteroatoms. The molecule has 1 aromatic rings. The number of anilines is 1. The van der Waals surface area contributed by atoms with Gasteiger partial charge in [0.15, 0.2) is 0 Å². The Morgan fingerprint density at radius 2 is 1.86 bits per heavy atom. The van der Waals surface area contributed by atoms with E-state index in [2.05, 4.69) is 5.32 Å². The Morgan fingerprint density at radius 3 is 2.36 bits per heavy atom. The van der Waals surface area contributed by atoms with Gasteiger partial charge in [-0.25, -0.2) is 0 Å². The standard InChI is InChI=1S/C17H26N2O3/c1-5-13(3)18-17(21)11-12-19(14(4)20)15-7-9-16(10-8-15)22-6-2/h7-10,13H,5-6,11-12H2,1-4H3,(H,18,21). The zero-order valence-corrected chi connectivity index (χ0v) is 13.9. The van der Waals surface area contributed by atoms with E-state index >= 15 is 0 Å². The average Bonchev–Trinajstić information content (AvgIpc) is 2.48. The molecule has 0 aliphatic rings. The van der Waals surface area contributed by atoms with E-state index in [1.165, 1.54) is 6.92 Å². The Balaban J connectivity index is 2.65. The number of benzene rings is 1. The van der Waals surface area contributed by atoms with Gasteiger partial charge < -0.3 is 15.0 Å². The van der Waals surface area contributed by atoms with Crippen LogP contribution in [0.4, 0.5) is 5.69 Å². The first kappa shape index (κ1) is 18.0. The van der Waals surface area contributed by atoms with Gasteiger partial charge in [-0.15, -0.1) is 0 Å². The quantitative estimate of drug-likeness (QED) is 0.803. The van der Waals surface area contributed by atoms with Gasteiger partial charge in [0.1, 0.15) is 5.75 Å². The highest BCUT2D eigenvalue weighted by atomic mass is 16.5. The van der Waals surface area contributed by atoms with Crippen LogP contribution in [0.1, 0.15) is 40.5 Å². The van der Waals surface area contributed by atoms with E-state index in [1.54, 1.807) is 4.90 Å². The SMILES string of the molecule is CCOc1ccc(N(CCC(=O)NC(C)CC)C(C)=O)cc1. The largest absolute Gasteiger partial charge is 0.494 e. The molecule has 5 nitrogen and oxygen atoms in total. The van der Waals surface area contributed by atoms with Crippen LogP contribution in [0.15, 0.2) is 24.3 Å². The maximum Gasteiger partial charge on any atom is 0.223 e. The highest BCUT2D eigenvalue weighted by molar-refractivity contribution is 5.92. The second kappa shape index (κ2) is 9.07. The fourth-order valence-corrected chi connectivity index (χ4v) is 2.02. The number of carbonyl (C=O) groups is 2. The third-order valence-electron chi connectivity index (χ3n) is 3.42. The molecule has 1 rings (SSSR count). The minimum absolute atomic E-state index is 0.0356. The summed E-state index contributed by atoms with van der Waals surface area (Å²) in [5, 5.41) is 2.90. The van der Waals surface area contributed by atoms with Crippen molar-refractivity contribution in [3.8, 4) is 5.75 Å². The van der Waals surface area contributed by atoms with E-state index in [1.807, 2.05) is 45.0 Å². The van der Waals surface area contributed by atoms with Gasteiger partial charge in [0.05, 0.1) is 6.61 Å². The molecule has 1 N–H and O–H groups in total. The van der Waals surface area contributed by atoms with Gasteiger partial charge in [-0.3, -0.25) is 9.59 Å². The van der Waals surface area contributed by atoms with E-state index in [-0.39, 0.29) is 24.3 Å². The Hall–Kier alpha value is -2.04. The number of hydrogen-bond acceptors (Lipinski definition) is 3. The molecule has 0 aromatic heterocycles. The first-order chi connectivity index (χ1) is 10.5. The summed E-state index contributed by atoms with van der Waals surface area (Å²) in [6.45, 7) is 8.38. The summed E-state index contributed by atoms with van der Waals surface area (Å²) < 4.78 is 5.39. The van der Waals surface area contributed by atoms with Gasteiger partial charge in [0.25, 0.3) is 0 Å². The molecule has 0 saturated carbocycles. The minimum Gasteiger partial charge on any atom is -0.494 e. The van der Waals surface area contributed by atoms with E-state index in [9.17, 15) is 9.59 Å². The van der Waals surface area contributed by atoms with Crippen LogP contribution in [0.5, 0.6) is 5.75 Å². The summed E-state index contributed by atoms with van der Waals surface area (Å²) in [6.07, 6.45) is 1.18. The zero-order valence-electron chi connectivity index (χ0n) is 13.9. The normalized spacial score (nSPS) is 11.6. The van der Waals surface area contributed by atoms with E-state index in [0.29, 0.717) is 13.2 Å². The number of nitrogens with one attached hydrogen (secondary N) is 1. The summed E-state index contributed by atoms with van der Waals surface area (Å²) in [6, 6.07) is 7.48. The molecule has 0 fully saturated rings. The lowest BCUT2D eigenvalue weighted by molar-refractivity contribution is -0.121. The van der Waals surface area contributed by atoms with Gasteiger partial charge in [-0.1, -0.05) is 6.92 Å². The van der Waals surface area contributed by atoms with Gasteiger partial charge in [0, 0.05) is 31.6 Å². The van der Waals surface area contributed by atoms with Crippen LogP contribution >= 0.6 is 0 Å². The van der Waals surface area contributed by atoms with Crippen molar-refractivity contribution in [2.75, 3.05) is 18.1 Å². The van der Waals surface area contributed by atoms with Crippen LogP contribution < -0.4 is 15.0 Å². The number of rotatable bonds is 8. The first-order valence-electron chi connectivity index (χ1n) is 7.78. The summed E-state index contributed by atoms with van der Waals surface area (Å²) in [4.78, 5) is 25.3. The molecule has 1 atom stereocenters. The molecular formula is C17H26N2O3. The molecule has 0 heterocycles. The fourth-order valence-electron chi connectivity index (χ4n) is 2.02. The van der Waals surface area contributed by atoms with Crippen LogP contribution in [0, 0.1) is 0 Å². The number of nitrogens with zero attached hydrogens (tertiary/aromatic N) is 1. The molecule has 0 bridgehead atoms. The predicted molar refractivity (Wildman–Crippen MR) is 88.2 cm³/mol. The summed E-state index contributed by atoms with van der Waals surface area (Å²) in [5.74, 6) is 0.649. The van der Waals surface area contributed by atoms with Crippen LogP contribution in [0.25, 0.3) is 0 Å². The molecular weight excluding hydrogens is 280 g/mol.